The fraction of sp³-hybridized carbons (Fsp3) is 0.105. The third kappa shape index (κ3) is 3.49. The molecule has 0 atom stereocenters. The van der Waals surface area contributed by atoms with E-state index in [-0.39, 0.29) is 5.82 Å². The van der Waals surface area contributed by atoms with E-state index >= 15 is 0 Å². The van der Waals surface area contributed by atoms with Crippen molar-refractivity contribution in [1.29, 1.82) is 0 Å². The van der Waals surface area contributed by atoms with Gasteiger partial charge in [0.05, 0.1) is 5.69 Å². The van der Waals surface area contributed by atoms with E-state index < -0.39 is 0 Å². The van der Waals surface area contributed by atoms with Gasteiger partial charge in [-0.15, -0.1) is 11.3 Å². The molecule has 110 valence electrons. The summed E-state index contributed by atoms with van der Waals surface area (Å²) < 4.78 is 12.9. The van der Waals surface area contributed by atoms with E-state index in [4.69, 9.17) is 0 Å². The molecule has 0 aliphatic heterocycles. The number of hydrogen-bond donors (Lipinski definition) is 0. The Bertz CT molecular complexity index is 770. The Labute approximate surface area is 133 Å². The smallest absolute Gasteiger partial charge is 0.123 e. The van der Waals surface area contributed by atoms with Crippen molar-refractivity contribution < 1.29 is 4.39 Å². The van der Waals surface area contributed by atoms with E-state index in [2.05, 4.69) is 42.2 Å². The number of aryl methyl sites for hydroxylation is 1. The lowest BCUT2D eigenvalue weighted by Crippen LogP contribution is -1.80. The maximum Gasteiger partial charge on any atom is 0.123 e. The third-order valence-electron chi connectivity index (χ3n) is 3.47. The first kappa shape index (κ1) is 14.7. The zero-order valence-electron chi connectivity index (χ0n) is 12.3. The van der Waals surface area contributed by atoms with Crippen LogP contribution in [0.25, 0.3) is 23.4 Å². The van der Waals surface area contributed by atoms with Crippen LogP contribution in [0.2, 0.25) is 0 Å². The molecule has 0 saturated heterocycles. The van der Waals surface area contributed by atoms with Gasteiger partial charge >= 0.3 is 0 Å². The highest BCUT2D eigenvalue weighted by molar-refractivity contribution is 7.10. The van der Waals surface area contributed by atoms with Crippen LogP contribution >= 0.6 is 11.3 Å². The molecule has 1 heterocycles. The van der Waals surface area contributed by atoms with Crippen molar-refractivity contribution in [3.63, 3.8) is 0 Å². The zero-order chi connectivity index (χ0) is 15.4. The first-order valence-electron chi connectivity index (χ1n) is 7.23. The Morgan fingerprint density at radius 2 is 1.73 bits per heavy atom. The molecule has 2 aromatic carbocycles. The van der Waals surface area contributed by atoms with Gasteiger partial charge in [0.15, 0.2) is 0 Å². The van der Waals surface area contributed by atoms with Gasteiger partial charge in [-0.05, 0) is 47.9 Å². The maximum absolute atomic E-state index is 12.9. The summed E-state index contributed by atoms with van der Waals surface area (Å²) in [5, 5.41) is 2.94. The molecule has 3 aromatic rings. The molecule has 0 saturated carbocycles. The zero-order valence-corrected chi connectivity index (χ0v) is 13.1. The molecule has 0 spiro atoms. The molecule has 3 rings (SSSR count). The van der Waals surface area contributed by atoms with Crippen molar-refractivity contribution in [2.45, 2.75) is 13.3 Å². The third-order valence-corrected chi connectivity index (χ3v) is 4.28. The van der Waals surface area contributed by atoms with Gasteiger partial charge in [0.25, 0.3) is 0 Å². The minimum atomic E-state index is -0.227. The second-order valence-electron chi connectivity index (χ2n) is 5.01. The topological polar surface area (TPSA) is 12.9 Å². The average molecular weight is 309 g/mol. The van der Waals surface area contributed by atoms with Gasteiger partial charge in [0.1, 0.15) is 10.8 Å². The molecule has 3 heteroatoms. The lowest BCUT2D eigenvalue weighted by atomic mass is 10.1. The standard InChI is InChI=1S/C19H16FNS/c1-2-14-3-5-15(6-4-14)7-12-19-21-18(13-22-19)16-8-10-17(20)11-9-16/h3-13H,2H2,1H3. The summed E-state index contributed by atoms with van der Waals surface area (Å²) in [6.45, 7) is 2.15. The molecule has 0 N–H and O–H groups in total. The van der Waals surface area contributed by atoms with Crippen molar-refractivity contribution in [2.75, 3.05) is 0 Å². The Morgan fingerprint density at radius 1 is 1.00 bits per heavy atom. The Morgan fingerprint density at radius 3 is 2.41 bits per heavy atom. The second-order valence-corrected chi connectivity index (χ2v) is 5.90. The Hall–Kier alpha value is -2.26. The molecule has 1 nitrogen and oxygen atoms in total. The van der Waals surface area contributed by atoms with E-state index in [1.807, 2.05) is 11.5 Å². The summed E-state index contributed by atoms with van der Waals surface area (Å²) in [4.78, 5) is 4.57. The van der Waals surface area contributed by atoms with E-state index in [0.29, 0.717) is 0 Å². The quantitative estimate of drug-likeness (QED) is 0.604. The van der Waals surface area contributed by atoms with Crippen LogP contribution in [0.4, 0.5) is 4.39 Å². The van der Waals surface area contributed by atoms with Crippen LogP contribution in [0.1, 0.15) is 23.1 Å². The minimum Gasteiger partial charge on any atom is -0.237 e. The lowest BCUT2D eigenvalue weighted by Gasteiger charge is -1.97. The van der Waals surface area contributed by atoms with Gasteiger partial charge < -0.3 is 0 Å². The van der Waals surface area contributed by atoms with Crippen LogP contribution in [0.3, 0.4) is 0 Å². The number of halogens is 1. The van der Waals surface area contributed by atoms with Crippen molar-refractivity contribution in [3.8, 4) is 11.3 Å². The highest BCUT2D eigenvalue weighted by atomic mass is 32.1. The monoisotopic (exact) mass is 309 g/mol. The lowest BCUT2D eigenvalue weighted by molar-refractivity contribution is 0.628. The highest BCUT2D eigenvalue weighted by Crippen LogP contribution is 2.23. The van der Waals surface area contributed by atoms with Gasteiger partial charge in [-0.3, -0.25) is 0 Å². The van der Waals surface area contributed by atoms with E-state index in [9.17, 15) is 4.39 Å². The summed E-state index contributed by atoms with van der Waals surface area (Å²) in [5.41, 5.74) is 4.32. The summed E-state index contributed by atoms with van der Waals surface area (Å²) >= 11 is 1.58. The molecule has 0 radical (unpaired) electrons. The van der Waals surface area contributed by atoms with Crippen LogP contribution < -0.4 is 0 Å². The van der Waals surface area contributed by atoms with Crippen molar-refractivity contribution in [3.05, 3.63) is 75.9 Å². The number of aromatic nitrogens is 1. The van der Waals surface area contributed by atoms with E-state index in [0.717, 1.165) is 28.2 Å². The van der Waals surface area contributed by atoms with Crippen molar-refractivity contribution in [1.82, 2.24) is 4.98 Å². The SMILES string of the molecule is CCc1ccc(C=Cc2nc(-c3ccc(F)cc3)cs2)cc1. The fourth-order valence-corrected chi connectivity index (χ4v) is 2.87. The number of benzene rings is 2. The van der Waals surface area contributed by atoms with Gasteiger partial charge in [0.2, 0.25) is 0 Å². The number of thiazole rings is 1. The number of hydrogen-bond acceptors (Lipinski definition) is 2. The van der Waals surface area contributed by atoms with Crippen LogP contribution in [0.15, 0.2) is 53.9 Å². The number of rotatable bonds is 4. The van der Waals surface area contributed by atoms with Crippen LogP contribution in [0, 0.1) is 5.82 Å². The first-order valence-corrected chi connectivity index (χ1v) is 8.11. The van der Waals surface area contributed by atoms with Gasteiger partial charge in [-0.2, -0.15) is 0 Å². The summed E-state index contributed by atoms with van der Waals surface area (Å²) in [6.07, 6.45) is 5.13. The van der Waals surface area contributed by atoms with Crippen LogP contribution in [-0.4, -0.2) is 4.98 Å². The Balaban J connectivity index is 1.75. The molecule has 1 aromatic heterocycles. The van der Waals surface area contributed by atoms with Gasteiger partial charge in [-0.1, -0.05) is 37.3 Å². The molecule has 0 amide bonds. The highest BCUT2D eigenvalue weighted by Gasteiger charge is 2.02. The molecule has 0 aliphatic carbocycles. The summed E-state index contributed by atoms with van der Waals surface area (Å²) in [6, 6.07) is 14.9. The maximum atomic E-state index is 12.9. The summed E-state index contributed by atoms with van der Waals surface area (Å²) in [7, 11) is 0. The predicted octanol–water partition coefficient (Wildman–Crippen LogP) is 5.68. The molecular formula is C19H16FNS. The second kappa shape index (κ2) is 6.67. The molecule has 0 aliphatic rings. The molecular weight excluding hydrogens is 293 g/mol. The van der Waals surface area contributed by atoms with Crippen molar-refractivity contribution in [2.24, 2.45) is 0 Å². The van der Waals surface area contributed by atoms with Crippen LogP contribution in [-0.2, 0) is 6.42 Å². The van der Waals surface area contributed by atoms with Crippen molar-refractivity contribution >= 4 is 23.5 Å². The molecule has 0 unspecified atom stereocenters. The fourth-order valence-electron chi connectivity index (χ4n) is 2.15. The molecule has 0 fully saturated rings. The summed E-state index contributed by atoms with van der Waals surface area (Å²) in [5.74, 6) is -0.227. The van der Waals surface area contributed by atoms with Gasteiger partial charge in [-0.25, -0.2) is 9.37 Å². The van der Waals surface area contributed by atoms with Crippen LogP contribution in [0.5, 0.6) is 0 Å². The van der Waals surface area contributed by atoms with Gasteiger partial charge in [0, 0.05) is 10.9 Å². The average Bonchev–Trinajstić information content (AvgIpc) is 3.03. The largest absolute Gasteiger partial charge is 0.237 e. The minimum absolute atomic E-state index is 0.227. The predicted molar refractivity (Wildman–Crippen MR) is 92.3 cm³/mol. The van der Waals surface area contributed by atoms with E-state index in [1.54, 1.807) is 23.5 Å². The number of nitrogens with zero attached hydrogens (tertiary/aromatic N) is 1. The first-order chi connectivity index (χ1) is 10.7. The molecule has 22 heavy (non-hydrogen) atoms. The van der Waals surface area contributed by atoms with E-state index in [1.165, 1.54) is 17.7 Å². The Kier molecular flexibility index (Phi) is 4.45. The normalized spacial score (nSPS) is 11.2. The molecule has 0 bridgehead atoms.